The van der Waals surface area contributed by atoms with Crippen LogP contribution < -0.4 is 4.90 Å². The number of carbonyl (C=O) groups is 1. The van der Waals surface area contributed by atoms with E-state index in [0.717, 1.165) is 11.5 Å². The summed E-state index contributed by atoms with van der Waals surface area (Å²) in [5, 5.41) is 9.16. The fourth-order valence-electron chi connectivity index (χ4n) is 1.05. The summed E-state index contributed by atoms with van der Waals surface area (Å²) < 4.78 is 18.8. The second kappa shape index (κ2) is 6.36. The zero-order chi connectivity index (χ0) is 14.6. The van der Waals surface area contributed by atoms with Gasteiger partial charge in [0.2, 0.25) is 11.0 Å². The number of aliphatic hydroxyl groups is 1. The van der Waals surface area contributed by atoms with Crippen LogP contribution in [0.25, 0.3) is 0 Å². The Morgan fingerprint density at radius 3 is 2.74 bits per heavy atom. The molecule has 106 valence electrons. The number of hydrogen-bond acceptors (Lipinski definition) is 7. The van der Waals surface area contributed by atoms with Crippen molar-refractivity contribution in [3.63, 3.8) is 0 Å². The third-order valence-electron chi connectivity index (χ3n) is 1.92. The lowest BCUT2D eigenvalue weighted by atomic mass is 10.4. The fourth-order valence-corrected chi connectivity index (χ4v) is 2.00. The van der Waals surface area contributed by atoms with Gasteiger partial charge in [-0.2, -0.15) is 13.7 Å². The number of ether oxygens (including phenoxy) is 1. The van der Waals surface area contributed by atoms with E-state index in [-0.39, 0.29) is 17.4 Å². The second-order valence-electron chi connectivity index (χ2n) is 3.19. The smallest absolute Gasteiger partial charge is 0.358 e. The maximum atomic E-state index is 13.2. The minimum atomic E-state index is -2.72. The SMILES string of the molecule is CCOC(=O)C(=CO)N(C)c1nc(C(F)(Cl)Cl)ns1. The summed E-state index contributed by atoms with van der Waals surface area (Å²) in [5.74, 6) is -1.20. The molecule has 0 saturated carbocycles. The van der Waals surface area contributed by atoms with Gasteiger partial charge >= 0.3 is 10.6 Å². The molecule has 1 heterocycles. The van der Waals surface area contributed by atoms with Crippen LogP contribution in [0.15, 0.2) is 12.0 Å². The molecule has 1 aromatic rings. The van der Waals surface area contributed by atoms with Crippen LogP contribution in [0.4, 0.5) is 9.52 Å². The maximum Gasteiger partial charge on any atom is 0.358 e. The second-order valence-corrected chi connectivity index (χ2v) is 5.16. The Kier molecular flexibility index (Phi) is 5.33. The zero-order valence-corrected chi connectivity index (χ0v) is 12.3. The molecule has 0 spiro atoms. The lowest BCUT2D eigenvalue weighted by Gasteiger charge is -2.16. The Balaban J connectivity index is 2.96. The van der Waals surface area contributed by atoms with E-state index in [1.807, 2.05) is 0 Å². The van der Waals surface area contributed by atoms with Gasteiger partial charge in [0.15, 0.2) is 5.70 Å². The molecule has 0 saturated heterocycles. The van der Waals surface area contributed by atoms with Gasteiger partial charge < -0.3 is 14.7 Å². The molecule has 0 atom stereocenters. The first kappa shape index (κ1) is 15.9. The van der Waals surface area contributed by atoms with Gasteiger partial charge in [0.25, 0.3) is 0 Å². The van der Waals surface area contributed by atoms with Crippen molar-refractivity contribution in [2.75, 3.05) is 18.6 Å². The summed E-state index contributed by atoms with van der Waals surface area (Å²) in [7, 11) is 1.42. The minimum Gasteiger partial charge on any atom is -0.513 e. The average Bonchev–Trinajstić information content (AvgIpc) is 2.78. The number of anilines is 1. The van der Waals surface area contributed by atoms with Crippen LogP contribution in [-0.2, 0) is 14.1 Å². The van der Waals surface area contributed by atoms with E-state index in [9.17, 15) is 9.18 Å². The molecule has 0 aliphatic carbocycles. The van der Waals surface area contributed by atoms with E-state index in [2.05, 4.69) is 9.36 Å². The molecule has 19 heavy (non-hydrogen) atoms. The summed E-state index contributed by atoms with van der Waals surface area (Å²) in [4.78, 5) is 16.4. The molecule has 0 unspecified atom stereocenters. The number of carbonyl (C=O) groups excluding carboxylic acids is 1. The monoisotopic (exact) mass is 329 g/mol. The van der Waals surface area contributed by atoms with Gasteiger partial charge in [0.05, 0.1) is 6.61 Å². The molecular formula is C9H10Cl2FN3O3S. The Morgan fingerprint density at radius 2 is 2.32 bits per heavy atom. The number of esters is 1. The van der Waals surface area contributed by atoms with E-state index in [1.54, 1.807) is 6.92 Å². The van der Waals surface area contributed by atoms with Crippen LogP contribution in [0.2, 0.25) is 0 Å². The highest BCUT2D eigenvalue weighted by molar-refractivity contribution is 7.09. The molecule has 1 rings (SSSR count). The van der Waals surface area contributed by atoms with Gasteiger partial charge in [-0.3, -0.25) is 0 Å². The molecule has 0 aliphatic heterocycles. The van der Waals surface area contributed by atoms with Crippen molar-refractivity contribution in [3.05, 3.63) is 17.8 Å². The third kappa shape index (κ3) is 3.92. The van der Waals surface area contributed by atoms with E-state index in [1.165, 1.54) is 11.9 Å². The van der Waals surface area contributed by atoms with Gasteiger partial charge in [-0.15, -0.1) is 0 Å². The van der Waals surface area contributed by atoms with Crippen LogP contribution in [0, 0.1) is 0 Å². The lowest BCUT2D eigenvalue weighted by Crippen LogP contribution is -2.25. The van der Waals surface area contributed by atoms with Gasteiger partial charge in [0.1, 0.15) is 6.26 Å². The number of aromatic nitrogens is 2. The first-order valence-corrected chi connectivity index (χ1v) is 6.50. The van der Waals surface area contributed by atoms with Crippen molar-refractivity contribution in [1.82, 2.24) is 9.36 Å². The lowest BCUT2D eigenvalue weighted by molar-refractivity contribution is -0.138. The highest BCUT2D eigenvalue weighted by Gasteiger charge is 2.32. The topological polar surface area (TPSA) is 75.6 Å². The third-order valence-corrected chi connectivity index (χ3v) is 3.05. The number of halogens is 3. The summed E-state index contributed by atoms with van der Waals surface area (Å²) in [6.07, 6.45) is 0.559. The molecule has 0 fully saturated rings. The summed E-state index contributed by atoms with van der Waals surface area (Å²) in [5.41, 5.74) is -0.182. The van der Waals surface area contributed by atoms with E-state index in [0.29, 0.717) is 6.26 Å². The molecule has 10 heteroatoms. The van der Waals surface area contributed by atoms with Crippen LogP contribution in [0.5, 0.6) is 0 Å². The number of aliphatic hydroxyl groups excluding tert-OH is 1. The van der Waals surface area contributed by atoms with Crippen molar-refractivity contribution in [2.24, 2.45) is 0 Å². The number of nitrogens with zero attached hydrogens (tertiary/aromatic N) is 3. The molecule has 6 nitrogen and oxygen atoms in total. The number of rotatable bonds is 5. The Hall–Kier alpha value is -1.12. The fraction of sp³-hybridized carbons (Fsp3) is 0.444. The van der Waals surface area contributed by atoms with Gasteiger partial charge in [0, 0.05) is 18.6 Å². The predicted molar refractivity (Wildman–Crippen MR) is 70.1 cm³/mol. The standard InChI is InChI=1S/C9H10Cl2FN3O3S/c1-3-18-6(17)5(4-16)15(2)8-13-7(14-19-8)9(10,11)12/h4,16H,3H2,1-2H3. The molecule has 0 radical (unpaired) electrons. The van der Waals surface area contributed by atoms with E-state index in [4.69, 9.17) is 33.0 Å². The Bertz CT molecular complexity index is 489. The van der Waals surface area contributed by atoms with Crippen LogP contribution in [0.1, 0.15) is 12.7 Å². The summed E-state index contributed by atoms with van der Waals surface area (Å²) >= 11 is 11.2. The van der Waals surface area contributed by atoms with E-state index < -0.39 is 16.4 Å². The summed E-state index contributed by atoms with van der Waals surface area (Å²) in [6.45, 7) is 1.76. The van der Waals surface area contributed by atoms with Crippen molar-refractivity contribution >= 4 is 45.8 Å². The highest BCUT2D eigenvalue weighted by atomic mass is 35.5. The van der Waals surface area contributed by atoms with Crippen molar-refractivity contribution in [2.45, 2.75) is 11.5 Å². The zero-order valence-electron chi connectivity index (χ0n) is 9.93. The predicted octanol–water partition coefficient (Wildman–Crippen LogP) is 2.49. The number of hydrogen-bond donors (Lipinski definition) is 1. The van der Waals surface area contributed by atoms with Gasteiger partial charge in [-0.1, -0.05) is 23.2 Å². The largest absolute Gasteiger partial charge is 0.513 e. The van der Waals surface area contributed by atoms with Crippen molar-refractivity contribution in [1.29, 1.82) is 0 Å². The molecule has 0 aliphatic rings. The van der Waals surface area contributed by atoms with E-state index >= 15 is 0 Å². The average molecular weight is 330 g/mol. The van der Waals surface area contributed by atoms with Crippen LogP contribution in [0.3, 0.4) is 0 Å². The normalized spacial score (nSPS) is 12.4. The number of alkyl halides is 3. The van der Waals surface area contributed by atoms with Gasteiger partial charge in [-0.05, 0) is 6.92 Å². The Labute approximate surface area is 122 Å². The van der Waals surface area contributed by atoms with Gasteiger partial charge in [-0.25, -0.2) is 4.79 Å². The number of likely N-dealkylation sites (N-methyl/N-ethyl adjacent to an activating group) is 1. The molecular weight excluding hydrogens is 320 g/mol. The highest BCUT2D eigenvalue weighted by Crippen LogP contribution is 2.35. The Morgan fingerprint density at radius 1 is 1.68 bits per heavy atom. The molecule has 1 aromatic heterocycles. The minimum absolute atomic E-state index is 0.117. The maximum absolute atomic E-state index is 13.2. The molecule has 0 amide bonds. The van der Waals surface area contributed by atoms with Crippen LogP contribution in [-0.4, -0.2) is 34.1 Å². The first-order chi connectivity index (χ1) is 8.81. The van der Waals surface area contributed by atoms with Crippen LogP contribution >= 0.6 is 34.7 Å². The summed E-state index contributed by atoms with van der Waals surface area (Å²) in [6, 6.07) is 0. The molecule has 0 aromatic carbocycles. The van der Waals surface area contributed by atoms with Crippen molar-refractivity contribution < 1.29 is 19.0 Å². The van der Waals surface area contributed by atoms with Crippen molar-refractivity contribution in [3.8, 4) is 0 Å². The molecule has 0 bridgehead atoms. The first-order valence-electron chi connectivity index (χ1n) is 4.97. The molecule has 1 N–H and O–H groups in total. The quantitative estimate of drug-likeness (QED) is 0.387.